The molecule has 1 unspecified atom stereocenters. The van der Waals surface area contributed by atoms with Crippen LogP contribution in [0.1, 0.15) is 33.1 Å². The summed E-state index contributed by atoms with van der Waals surface area (Å²) in [7, 11) is 1.86. The fourth-order valence-corrected chi connectivity index (χ4v) is 1.44. The Morgan fingerprint density at radius 3 is 2.67 bits per heavy atom. The largest absolute Gasteiger partial charge is 0.407 e. The van der Waals surface area contributed by atoms with Crippen molar-refractivity contribution in [2.75, 3.05) is 18.5 Å². The minimum absolute atomic E-state index is 0.429. The van der Waals surface area contributed by atoms with E-state index in [4.69, 9.17) is 4.42 Å². The monoisotopic (exact) mass is 212 g/mol. The highest BCUT2D eigenvalue weighted by Gasteiger charge is 2.16. The number of rotatable bonds is 6. The highest BCUT2D eigenvalue weighted by molar-refractivity contribution is 5.25. The minimum Gasteiger partial charge on any atom is -0.407 e. The van der Waals surface area contributed by atoms with E-state index in [-0.39, 0.29) is 0 Å². The summed E-state index contributed by atoms with van der Waals surface area (Å²) in [6.45, 7) is 7.90. The molecule has 0 radical (unpaired) electrons. The third-order valence-electron chi connectivity index (χ3n) is 2.49. The van der Waals surface area contributed by atoms with Gasteiger partial charge < -0.3 is 14.6 Å². The maximum atomic E-state index is 5.54. The Bertz CT molecular complexity index is 287. The molecular weight excluding hydrogens is 192 g/mol. The summed E-state index contributed by atoms with van der Waals surface area (Å²) in [5, 5.41) is 11.0. The second-order valence-electron chi connectivity index (χ2n) is 3.55. The first-order chi connectivity index (χ1) is 7.22. The van der Waals surface area contributed by atoms with Gasteiger partial charge in [-0.15, -0.1) is 5.10 Å². The second-order valence-corrected chi connectivity index (χ2v) is 3.55. The summed E-state index contributed by atoms with van der Waals surface area (Å²) in [6, 6.07) is 1.05. The average Bonchev–Trinajstić information content (AvgIpc) is 2.68. The van der Waals surface area contributed by atoms with Crippen LogP contribution in [0.5, 0.6) is 0 Å². The summed E-state index contributed by atoms with van der Waals surface area (Å²) in [5.41, 5.74) is 0. The predicted octanol–water partition coefficient (Wildman–Crippen LogP) is 1.41. The lowest BCUT2D eigenvalue weighted by molar-refractivity contribution is 0.455. The van der Waals surface area contributed by atoms with E-state index in [9.17, 15) is 0 Å². The molecule has 0 aliphatic rings. The first-order valence-corrected chi connectivity index (χ1v) is 5.46. The van der Waals surface area contributed by atoms with Gasteiger partial charge in [0.1, 0.15) is 0 Å². The molecule has 86 valence electrons. The third-order valence-corrected chi connectivity index (χ3v) is 2.49. The van der Waals surface area contributed by atoms with E-state index in [0.29, 0.717) is 24.5 Å². The van der Waals surface area contributed by atoms with E-state index < -0.39 is 0 Å². The van der Waals surface area contributed by atoms with Crippen LogP contribution >= 0.6 is 0 Å². The van der Waals surface area contributed by atoms with Crippen molar-refractivity contribution < 1.29 is 4.42 Å². The average molecular weight is 212 g/mol. The molecule has 1 heterocycles. The normalized spacial score (nSPS) is 12.8. The summed E-state index contributed by atoms with van der Waals surface area (Å²) >= 11 is 0. The summed E-state index contributed by atoms with van der Waals surface area (Å²) in [6.07, 6.45) is 1.07. The van der Waals surface area contributed by atoms with Crippen LogP contribution in [0, 0.1) is 0 Å². The van der Waals surface area contributed by atoms with Crippen LogP contribution in [0.25, 0.3) is 0 Å². The molecule has 0 fully saturated rings. The molecule has 0 aliphatic heterocycles. The van der Waals surface area contributed by atoms with Gasteiger partial charge in [0.2, 0.25) is 5.89 Å². The maximum Gasteiger partial charge on any atom is 0.318 e. The van der Waals surface area contributed by atoms with Crippen LogP contribution in [0.15, 0.2) is 4.42 Å². The van der Waals surface area contributed by atoms with Gasteiger partial charge in [-0.25, -0.2) is 0 Å². The van der Waals surface area contributed by atoms with E-state index in [1.807, 2.05) is 7.05 Å². The minimum atomic E-state index is 0.429. The lowest BCUT2D eigenvalue weighted by Crippen LogP contribution is -2.32. The van der Waals surface area contributed by atoms with Crippen molar-refractivity contribution in [3.05, 3.63) is 5.89 Å². The molecule has 0 spiro atoms. The van der Waals surface area contributed by atoms with E-state index in [1.165, 1.54) is 0 Å². The van der Waals surface area contributed by atoms with Crippen molar-refractivity contribution in [1.82, 2.24) is 15.5 Å². The van der Waals surface area contributed by atoms with Crippen LogP contribution in [-0.2, 0) is 6.54 Å². The molecule has 1 atom stereocenters. The second kappa shape index (κ2) is 5.70. The topological polar surface area (TPSA) is 54.2 Å². The molecule has 1 aromatic rings. The van der Waals surface area contributed by atoms with Gasteiger partial charge in [0.15, 0.2) is 0 Å². The van der Waals surface area contributed by atoms with Gasteiger partial charge in [0, 0.05) is 12.6 Å². The Hall–Kier alpha value is -1.10. The Morgan fingerprint density at radius 1 is 1.40 bits per heavy atom. The van der Waals surface area contributed by atoms with E-state index in [1.54, 1.807) is 0 Å². The van der Waals surface area contributed by atoms with Crippen LogP contribution < -0.4 is 10.2 Å². The van der Waals surface area contributed by atoms with Crippen molar-refractivity contribution in [3.8, 4) is 0 Å². The first-order valence-electron chi connectivity index (χ1n) is 5.46. The van der Waals surface area contributed by atoms with Gasteiger partial charge in [-0.2, -0.15) is 0 Å². The Labute approximate surface area is 90.9 Å². The van der Waals surface area contributed by atoms with Crippen molar-refractivity contribution in [1.29, 1.82) is 0 Å². The molecular formula is C10H20N4O. The van der Waals surface area contributed by atoms with Crippen molar-refractivity contribution in [2.45, 2.75) is 39.8 Å². The number of hydrogen-bond donors (Lipinski definition) is 1. The SMILES string of the molecule is CCC(C)N(CC)c1nnc(CNC)o1. The zero-order valence-electron chi connectivity index (χ0n) is 9.95. The predicted molar refractivity (Wildman–Crippen MR) is 59.8 cm³/mol. The lowest BCUT2D eigenvalue weighted by atomic mass is 10.2. The van der Waals surface area contributed by atoms with E-state index in [2.05, 4.69) is 41.2 Å². The molecule has 0 bridgehead atoms. The molecule has 5 nitrogen and oxygen atoms in total. The highest BCUT2D eigenvalue weighted by Crippen LogP contribution is 2.16. The standard InChI is InChI=1S/C10H20N4O/c1-5-8(3)14(6-2)10-13-12-9(15-10)7-11-4/h8,11H,5-7H2,1-4H3. The number of aromatic nitrogens is 2. The Morgan fingerprint density at radius 2 is 2.13 bits per heavy atom. The Kier molecular flexibility index (Phi) is 4.55. The van der Waals surface area contributed by atoms with Crippen LogP contribution in [0.4, 0.5) is 6.01 Å². The van der Waals surface area contributed by atoms with Gasteiger partial charge in [-0.05, 0) is 27.3 Å². The first kappa shape index (κ1) is 12.0. The molecule has 0 amide bonds. The van der Waals surface area contributed by atoms with Gasteiger partial charge in [-0.1, -0.05) is 12.0 Å². The smallest absolute Gasteiger partial charge is 0.318 e. The van der Waals surface area contributed by atoms with Gasteiger partial charge in [-0.3, -0.25) is 0 Å². The van der Waals surface area contributed by atoms with E-state index >= 15 is 0 Å². The molecule has 0 aliphatic carbocycles. The van der Waals surface area contributed by atoms with Gasteiger partial charge in [0.25, 0.3) is 0 Å². The van der Waals surface area contributed by atoms with Crippen LogP contribution in [0.2, 0.25) is 0 Å². The third kappa shape index (κ3) is 2.92. The number of nitrogens with zero attached hydrogens (tertiary/aromatic N) is 3. The zero-order chi connectivity index (χ0) is 11.3. The van der Waals surface area contributed by atoms with Crippen molar-refractivity contribution in [3.63, 3.8) is 0 Å². The highest BCUT2D eigenvalue weighted by atomic mass is 16.4. The van der Waals surface area contributed by atoms with E-state index in [0.717, 1.165) is 13.0 Å². The fraction of sp³-hybridized carbons (Fsp3) is 0.800. The van der Waals surface area contributed by atoms with Crippen molar-refractivity contribution in [2.24, 2.45) is 0 Å². The summed E-state index contributed by atoms with van der Waals surface area (Å²) < 4.78 is 5.54. The number of anilines is 1. The summed E-state index contributed by atoms with van der Waals surface area (Å²) in [4.78, 5) is 2.12. The zero-order valence-corrected chi connectivity index (χ0v) is 9.95. The van der Waals surface area contributed by atoms with Gasteiger partial charge in [0.05, 0.1) is 6.54 Å². The molecule has 1 aromatic heterocycles. The Balaban J connectivity index is 2.73. The molecule has 0 saturated carbocycles. The van der Waals surface area contributed by atoms with Crippen LogP contribution in [0.3, 0.4) is 0 Å². The summed E-state index contributed by atoms with van der Waals surface area (Å²) in [5.74, 6) is 0.634. The maximum absolute atomic E-state index is 5.54. The number of nitrogens with one attached hydrogen (secondary N) is 1. The molecule has 5 heteroatoms. The lowest BCUT2D eigenvalue weighted by Gasteiger charge is -2.24. The fourth-order valence-electron chi connectivity index (χ4n) is 1.44. The number of hydrogen-bond acceptors (Lipinski definition) is 5. The van der Waals surface area contributed by atoms with Crippen molar-refractivity contribution >= 4 is 6.01 Å². The molecule has 1 N–H and O–H groups in total. The quantitative estimate of drug-likeness (QED) is 0.772. The van der Waals surface area contributed by atoms with Gasteiger partial charge >= 0.3 is 6.01 Å². The molecule has 0 saturated heterocycles. The molecule has 15 heavy (non-hydrogen) atoms. The molecule has 1 rings (SSSR count). The molecule has 0 aromatic carbocycles. The van der Waals surface area contributed by atoms with Crippen LogP contribution in [-0.4, -0.2) is 29.8 Å².